The van der Waals surface area contributed by atoms with E-state index in [-0.39, 0.29) is 17.3 Å². The largest absolute Gasteiger partial charge is 0.467 e. The zero-order chi connectivity index (χ0) is 23.7. The summed E-state index contributed by atoms with van der Waals surface area (Å²) in [6, 6.07) is 16.8. The molecule has 0 N–H and O–H groups in total. The number of thioether (sulfide) groups is 1. The summed E-state index contributed by atoms with van der Waals surface area (Å²) >= 11 is 1.44. The molecule has 9 heteroatoms. The van der Waals surface area contributed by atoms with Gasteiger partial charge in [0.25, 0.3) is 5.56 Å². The summed E-state index contributed by atoms with van der Waals surface area (Å²) in [6.45, 7) is 4.63. The summed E-state index contributed by atoms with van der Waals surface area (Å²) in [7, 11) is 0. The molecule has 0 amide bonds. The monoisotopic (exact) mass is 475 g/mol. The van der Waals surface area contributed by atoms with Crippen LogP contribution < -0.4 is 5.56 Å². The van der Waals surface area contributed by atoms with E-state index in [0.29, 0.717) is 39.9 Å². The molecular weight excluding hydrogens is 453 g/mol. The second-order valence-electron chi connectivity index (χ2n) is 8.11. The highest BCUT2D eigenvalue weighted by Crippen LogP contribution is 2.26. The Morgan fingerprint density at radius 3 is 2.56 bits per heavy atom. The Hall–Kier alpha value is -3.72. The van der Waals surface area contributed by atoms with Crippen molar-refractivity contribution in [2.24, 2.45) is 0 Å². The van der Waals surface area contributed by atoms with Crippen LogP contribution in [-0.4, -0.2) is 24.3 Å². The van der Waals surface area contributed by atoms with E-state index < -0.39 is 0 Å². The minimum Gasteiger partial charge on any atom is -0.467 e. The predicted octanol–water partition coefficient (Wildman–Crippen LogP) is 5.17. The highest BCUT2D eigenvalue weighted by atomic mass is 32.2. The number of halogens is 1. The fraction of sp³-hybridized carbons (Fsp3) is 0.200. The lowest BCUT2D eigenvalue weighted by Crippen LogP contribution is -2.23. The Morgan fingerprint density at radius 2 is 1.82 bits per heavy atom. The second-order valence-corrected chi connectivity index (χ2v) is 9.05. The van der Waals surface area contributed by atoms with Crippen LogP contribution in [0.25, 0.3) is 16.6 Å². The van der Waals surface area contributed by atoms with E-state index >= 15 is 0 Å². The molecule has 0 unspecified atom stereocenters. The van der Waals surface area contributed by atoms with Crippen molar-refractivity contribution in [1.82, 2.24) is 24.3 Å². The van der Waals surface area contributed by atoms with Crippen molar-refractivity contribution in [1.29, 1.82) is 0 Å². The summed E-state index contributed by atoms with van der Waals surface area (Å²) in [4.78, 5) is 18.2. The molecule has 0 saturated heterocycles. The number of fused-ring (bicyclic) bond motifs is 1. The van der Waals surface area contributed by atoms with E-state index in [1.807, 2.05) is 28.8 Å². The normalized spacial score (nSPS) is 11.5. The standard InChI is InChI=1S/C25H22FN5O2S/c1-16(2)23-28-29-25(30(23)14-19-6-5-13-33-19)34-15-22-27-21-8-4-3-7-20(21)24(32)31(22)18-11-9-17(26)10-12-18/h3-13,16H,14-15H2,1-2H3. The first-order chi connectivity index (χ1) is 16.5. The van der Waals surface area contributed by atoms with Crippen molar-refractivity contribution < 1.29 is 8.81 Å². The fourth-order valence-corrected chi connectivity index (χ4v) is 4.67. The zero-order valence-corrected chi connectivity index (χ0v) is 19.5. The fourth-order valence-electron chi connectivity index (χ4n) is 3.80. The first-order valence-electron chi connectivity index (χ1n) is 10.9. The first-order valence-corrected chi connectivity index (χ1v) is 11.8. The number of nitrogens with zero attached hydrogens (tertiary/aromatic N) is 5. The van der Waals surface area contributed by atoms with Gasteiger partial charge in [0.15, 0.2) is 5.16 Å². The molecule has 0 bridgehead atoms. The molecule has 7 nitrogen and oxygen atoms in total. The lowest BCUT2D eigenvalue weighted by atomic mass is 10.2. The molecule has 0 aliphatic carbocycles. The van der Waals surface area contributed by atoms with Gasteiger partial charge in [-0.2, -0.15) is 0 Å². The summed E-state index contributed by atoms with van der Waals surface area (Å²) in [5.41, 5.74) is 0.967. The van der Waals surface area contributed by atoms with Crippen molar-refractivity contribution in [3.63, 3.8) is 0 Å². The van der Waals surface area contributed by atoms with Gasteiger partial charge in [0.1, 0.15) is 23.2 Å². The Kier molecular flexibility index (Phi) is 6.02. The molecule has 0 radical (unpaired) electrons. The molecule has 3 heterocycles. The van der Waals surface area contributed by atoms with Gasteiger partial charge in [-0.3, -0.25) is 13.9 Å². The number of aromatic nitrogens is 5. The molecule has 0 aliphatic rings. The van der Waals surface area contributed by atoms with Crippen LogP contribution in [0, 0.1) is 5.82 Å². The van der Waals surface area contributed by atoms with Gasteiger partial charge < -0.3 is 4.42 Å². The third-order valence-electron chi connectivity index (χ3n) is 5.42. The van der Waals surface area contributed by atoms with Crippen molar-refractivity contribution in [2.75, 3.05) is 0 Å². The van der Waals surface area contributed by atoms with Crippen molar-refractivity contribution in [2.45, 2.75) is 37.2 Å². The summed E-state index contributed by atoms with van der Waals surface area (Å²) in [5, 5.41) is 9.99. The lowest BCUT2D eigenvalue weighted by Gasteiger charge is -2.14. The number of benzene rings is 2. The van der Waals surface area contributed by atoms with Gasteiger partial charge in [-0.25, -0.2) is 9.37 Å². The average molecular weight is 476 g/mol. The topological polar surface area (TPSA) is 78.7 Å². The molecule has 172 valence electrons. The van der Waals surface area contributed by atoms with Crippen molar-refractivity contribution in [3.05, 3.63) is 101 Å². The first kappa shape index (κ1) is 22.1. The summed E-state index contributed by atoms with van der Waals surface area (Å²) in [6.07, 6.45) is 1.64. The summed E-state index contributed by atoms with van der Waals surface area (Å²) < 4.78 is 22.7. The highest BCUT2D eigenvalue weighted by Gasteiger charge is 2.19. The molecule has 34 heavy (non-hydrogen) atoms. The van der Waals surface area contributed by atoms with Crippen molar-refractivity contribution in [3.8, 4) is 5.69 Å². The number of hydrogen-bond donors (Lipinski definition) is 0. The van der Waals surface area contributed by atoms with Crippen LogP contribution >= 0.6 is 11.8 Å². The maximum Gasteiger partial charge on any atom is 0.265 e. The number of para-hydroxylation sites is 1. The van der Waals surface area contributed by atoms with Gasteiger partial charge in [0, 0.05) is 5.92 Å². The number of furan rings is 1. The van der Waals surface area contributed by atoms with Gasteiger partial charge in [-0.15, -0.1) is 10.2 Å². The van der Waals surface area contributed by atoms with Gasteiger partial charge in [0.2, 0.25) is 0 Å². The van der Waals surface area contributed by atoms with Crippen LogP contribution in [0.3, 0.4) is 0 Å². The van der Waals surface area contributed by atoms with E-state index in [0.717, 1.165) is 11.6 Å². The third kappa shape index (κ3) is 4.26. The van der Waals surface area contributed by atoms with Crippen molar-refractivity contribution >= 4 is 22.7 Å². The molecule has 0 spiro atoms. The Balaban J connectivity index is 1.55. The molecule has 2 aromatic carbocycles. The number of hydrogen-bond acceptors (Lipinski definition) is 6. The highest BCUT2D eigenvalue weighted by molar-refractivity contribution is 7.98. The zero-order valence-electron chi connectivity index (χ0n) is 18.7. The maximum absolute atomic E-state index is 13.6. The van der Waals surface area contributed by atoms with E-state index in [4.69, 9.17) is 9.40 Å². The molecule has 5 aromatic rings. The Morgan fingerprint density at radius 1 is 1.03 bits per heavy atom. The van der Waals surface area contributed by atoms with Gasteiger partial charge >= 0.3 is 0 Å². The van der Waals surface area contributed by atoms with Crippen LogP contribution in [0.4, 0.5) is 4.39 Å². The second kappa shape index (κ2) is 9.26. The SMILES string of the molecule is CC(C)c1nnc(SCc2nc3ccccc3c(=O)n2-c2ccc(F)cc2)n1Cc1ccco1. The van der Waals surface area contributed by atoms with Gasteiger partial charge in [-0.05, 0) is 48.5 Å². The van der Waals surface area contributed by atoms with Gasteiger partial charge in [0.05, 0.1) is 35.2 Å². The minimum atomic E-state index is -0.367. The molecule has 0 fully saturated rings. The molecular formula is C25H22FN5O2S. The predicted molar refractivity (Wildman–Crippen MR) is 129 cm³/mol. The van der Waals surface area contributed by atoms with E-state index in [1.165, 1.54) is 28.5 Å². The average Bonchev–Trinajstić information content (AvgIpc) is 3.49. The number of rotatable bonds is 7. The molecule has 5 rings (SSSR count). The van der Waals surface area contributed by atoms with E-state index in [1.54, 1.807) is 30.5 Å². The van der Waals surface area contributed by atoms with Crippen LogP contribution in [0.5, 0.6) is 0 Å². The summed E-state index contributed by atoms with van der Waals surface area (Å²) in [5.74, 6) is 2.36. The van der Waals surface area contributed by atoms with E-state index in [9.17, 15) is 9.18 Å². The van der Waals surface area contributed by atoms with Gasteiger partial charge in [-0.1, -0.05) is 37.7 Å². The molecule has 0 saturated carbocycles. The molecule has 0 atom stereocenters. The lowest BCUT2D eigenvalue weighted by molar-refractivity contribution is 0.475. The third-order valence-corrected chi connectivity index (χ3v) is 6.38. The van der Waals surface area contributed by atoms with Crippen LogP contribution in [0.2, 0.25) is 0 Å². The minimum absolute atomic E-state index is 0.174. The van der Waals surface area contributed by atoms with E-state index in [2.05, 4.69) is 24.0 Å². The quantitative estimate of drug-likeness (QED) is 0.302. The smallest absolute Gasteiger partial charge is 0.265 e. The van der Waals surface area contributed by atoms with Crippen LogP contribution in [-0.2, 0) is 12.3 Å². The molecule has 3 aromatic heterocycles. The Labute approximate surface area is 199 Å². The molecule has 0 aliphatic heterocycles. The van der Waals surface area contributed by atoms with Crippen LogP contribution in [0.1, 0.15) is 37.2 Å². The maximum atomic E-state index is 13.6. The Bertz CT molecular complexity index is 1490. The van der Waals surface area contributed by atoms with Crippen LogP contribution in [0.15, 0.2) is 81.3 Å².